The molecule has 0 amide bonds. The summed E-state index contributed by atoms with van der Waals surface area (Å²) < 4.78 is 47.1. The number of hydrogen-bond acceptors (Lipinski definition) is 4. The first-order valence-corrected chi connectivity index (χ1v) is 27.9. The third-order valence-corrected chi connectivity index (χ3v) is 16.5. The summed E-state index contributed by atoms with van der Waals surface area (Å²) in [6, 6.07) is 66.5. The van der Waals surface area contributed by atoms with Crippen LogP contribution in [0.15, 0.2) is 200 Å². The van der Waals surface area contributed by atoms with Crippen LogP contribution in [-0.4, -0.2) is 9.13 Å². The summed E-state index contributed by atoms with van der Waals surface area (Å²) in [5.74, 6) is 0. The molecule has 0 atom stereocenters. The quantitative estimate of drug-likeness (QED) is 0.140. The van der Waals surface area contributed by atoms with Crippen molar-refractivity contribution in [2.45, 2.75) is 13.1 Å². The van der Waals surface area contributed by atoms with Crippen molar-refractivity contribution >= 4 is 72.0 Å². The largest absolute Gasteiger partial charge is 0.416 e. The van der Waals surface area contributed by atoms with Gasteiger partial charge in [-0.1, -0.05) is 97.1 Å². The summed E-state index contributed by atoms with van der Waals surface area (Å²) in [6.07, 6.45) is -4.60. The van der Waals surface area contributed by atoms with E-state index in [2.05, 4.69) is 57.6 Å². The minimum Gasteiger partial charge on any atom is -0.309 e. The van der Waals surface area contributed by atoms with Crippen LogP contribution in [0.5, 0.6) is 0 Å². The van der Waals surface area contributed by atoms with Crippen LogP contribution in [-0.2, 0) is 6.18 Å². The molecule has 11 nitrogen and oxygen atoms in total. The number of benzene rings is 11. The molecule has 420 valence electrons. The highest BCUT2D eigenvalue weighted by molar-refractivity contribution is 6.15. The maximum Gasteiger partial charge on any atom is 0.416 e. The number of halogens is 3. The van der Waals surface area contributed by atoms with Crippen molar-refractivity contribution in [1.82, 2.24) is 9.13 Å². The zero-order chi connectivity index (χ0) is 63.4. The predicted octanol–water partition coefficient (Wildman–Crippen LogP) is 21.5. The van der Waals surface area contributed by atoms with E-state index in [1.165, 1.54) is 6.07 Å². The lowest BCUT2D eigenvalue weighted by Crippen LogP contribution is -2.05. The second-order valence-corrected chi connectivity index (χ2v) is 21.5. The predicted molar refractivity (Wildman–Crippen MR) is 348 cm³/mol. The minimum absolute atomic E-state index is 0.271. The Labute approximate surface area is 519 Å². The topological polar surface area (TPSA) is 127 Å². The Morgan fingerprint density at radius 2 is 0.725 bits per heavy atom. The highest BCUT2D eigenvalue weighted by atomic mass is 19.4. The van der Waals surface area contributed by atoms with E-state index in [-0.39, 0.29) is 11.4 Å². The van der Waals surface area contributed by atoms with Crippen LogP contribution in [0.2, 0.25) is 0 Å². The number of nitriles is 4. The van der Waals surface area contributed by atoms with Gasteiger partial charge >= 0.3 is 6.18 Å². The van der Waals surface area contributed by atoms with E-state index in [1.54, 1.807) is 91.9 Å². The SMILES string of the molecule is [C-]#[N+]c1ccc(-c2ccc3c(c2)c2cc(-c4ccc([N+]#[C-])cc4[N+]#[C-])ccc2n3-c2cc(-c3ccc(C(F)(F)F)cc3C)ccc2-c2cc([N+]#[C-])ccc2-n2c3ccc(-c4ccc(C#N)cc4C#N)cc3c3cc(-c4ccc(C#N)cc4C#N)ccc32)c([N+]#[C-])c1. The maximum atomic E-state index is 14.3. The van der Waals surface area contributed by atoms with E-state index in [9.17, 15) is 34.2 Å². The highest BCUT2D eigenvalue weighted by Gasteiger charge is 2.31. The fourth-order valence-electron chi connectivity index (χ4n) is 12.3. The molecule has 0 aliphatic rings. The molecular weight excluding hydrogens is 1140 g/mol. The van der Waals surface area contributed by atoms with Crippen LogP contribution < -0.4 is 0 Å². The third-order valence-electron chi connectivity index (χ3n) is 16.5. The lowest BCUT2D eigenvalue weighted by atomic mass is 9.93. The minimum atomic E-state index is -4.60. The molecule has 13 rings (SSSR count). The first kappa shape index (κ1) is 56.4. The molecule has 13 aromatic rings. The summed E-state index contributed by atoms with van der Waals surface area (Å²) in [7, 11) is 0. The third kappa shape index (κ3) is 9.59. The zero-order valence-electron chi connectivity index (χ0n) is 47.6. The number of rotatable bonds is 8. The molecule has 0 aliphatic heterocycles. The van der Waals surface area contributed by atoms with Gasteiger partial charge in [0.2, 0.25) is 0 Å². The molecular formula is C77H36F3N11. The van der Waals surface area contributed by atoms with Crippen LogP contribution in [0.3, 0.4) is 0 Å². The van der Waals surface area contributed by atoms with E-state index in [4.69, 9.17) is 32.9 Å². The van der Waals surface area contributed by atoms with Gasteiger partial charge in [-0.05, 0) is 177 Å². The summed E-state index contributed by atoms with van der Waals surface area (Å²) in [5, 5.41) is 43.2. The second kappa shape index (κ2) is 22.3. The van der Waals surface area contributed by atoms with Crippen LogP contribution in [0, 0.1) is 85.1 Å². The van der Waals surface area contributed by atoms with Crippen molar-refractivity contribution in [3.8, 4) is 102 Å². The number of fused-ring (bicyclic) bond motifs is 6. The molecule has 91 heavy (non-hydrogen) atoms. The lowest BCUT2D eigenvalue weighted by Gasteiger charge is -2.21. The summed E-state index contributed by atoms with van der Waals surface area (Å²) in [4.78, 5) is 18.7. The molecule has 2 heterocycles. The zero-order valence-corrected chi connectivity index (χ0v) is 47.6. The summed E-state index contributed by atoms with van der Waals surface area (Å²) in [5.41, 5.74) is 13.6. The van der Waals surface area contributed by atoms with Gasteiger partial charge in [-0.25, -0.2) is 24.2 Å². The van der Waals surface area contributed by atoms with Gasteiger partial charge in [0.1, 0.15) is 0 Å². The first-order chi connectivity index (χ1) is 44.2. The normalized spacial score (nSPS) is 11.0. The Balaban J connectivity index is 1.13. The van der Waals surface area contributed by atoms with Gasteiger partial charge in [-0.3, -0.25) is 0 Å². The average Bonchev–Trinajstić information content (AvgIpc) is 1.61. The lowest BCUT2D eigenvalue weighted by molar-refractivity contribution is -0.137. The summed E-state index contributed by atoms with van der Waals surface area (Å²) >= 11 is 0. The van der Waals surface area contributed by atoms with E-state index in [0.29, 0.717) is 145 Å². The number of aryl methyl sites for hydroxylation is 1. The monoisotopic (exact) mass is 1170 g/mol. The Morgan fingerprint density at radius 1 is 0.341 bits per heavy atom. The van der Waals surface area contributed by atoms with Crippen LogP contribution >= 0.6 is 0 Å². The van der Waals surface area contributed by atoms with Crippen molar-refractivity contribution in [1.29, 1.82) is 21.0 Å². The number of aromatic nitrogens is 2. The smallest absolute Gasteiger partial charge is 0.309 e. The van der Waals surface area contributed by atoms with Crippen LogP contribution in [0.25, 0.3) is 146 Å². The molecule has 2 aromatic heterocycles. The van der Waals surface area contributed by atoms with Crippen molar-refractivity contribution in [2.75, 3.05) is 0 Å². The fraction of sp³-hybridized carbons (Fsp3) is 0.0260. The van der Waals surface area contributed by atoms with Crippen molar-refractivity contribution < 1.29 is 13.2 Å². The molecule has 14 heteroatoms. The molecule has 0 fully saturated rings. The van der Waals surface area contributed by atoms with E-state index in [0.717, 1.165) is 33.7 Å². The van der Waals surface area contributed by atoms with Crippen LogP contribution in [0.1, 0.15) is 33.4 Å². The second-order valence-electron chi connectivity index (χ2n) is 21.5. The molecule has 0 aliphatic carbocycles. The van der Waals surface area contributed by atoms with E-state index >= 15 is 0 Å². The maximum absolute atomic E-state index is 14.3. The first-order valence-electron chi connectivity index (χ1n) is 27.9. The van der Waals surface area contributed by atoms with Crippen LogP contribution in [0.4, 0.5) is 41.6 Å². The van der Waals surface area contributed by atoms with Crippen molar-refractivity contribution in [3.63, 3.8) is 0 Å². The molecule has 11 aromatic carbocycles. The Morgan fingerprint density at radius 3 is 1.14 bits per heavy atom. The molecule has 0 saturated carbocycles. The van der Waals surface area contributed by atoms with Gasteiger partial charge in [-0.15, -0.1) is 0 Å². The highest BCUT2D eigenvalue weighted by Crippen LogP contribution is 2.48. The standard InChI is InChI=1S/C77H36F3N11/c1-44-29-54(77(78,79)80)14-21-58(44)51-9-20-63(76(36-51)91-73-26-12-49(61-22-15-56(86-3)38-69(61)88-5)34-66(73)67-35-50(13-27-74(67)91)62-23-16-57(87-4)39-70(62)89-6)68-37-55(85-2)17-28-75(68)90-71-24-10-47(59-18-7-45(40-81)30-52(59)42-83)32-64(71)65-33-48(11-25-72(65)90)60-19-8-46(41-82)31-53(60)43-84/h7-39H,1H3. The van der Waals surface area contributed by atoms with E-state index < -0.39 is 11.7 Å². The van der Waals surface area contributed by atoms with Gasteiger partial charge in [0, 0.05) is 27.1 Å². The van der Waals surface area contributed by atoms with Crippen molar-refractivity contribution in [3.05, 3.63) is 291 Å². The molecule has 0 bridgehead atoms. The molecule has 0 radical (unpaired) electrons. The van der Waals surface area contributed by atoms with E-state index in [1.807, 2.05) is 97.1 Å². The Bertz CT molecular complexity index is 5530. The molecule has 0 saturated heterocycles. The molecule has 0 unspecified atom stereocenters. The average molecular weight is 1170 g/mol. The van der Waals surface area contributed by atoms with Crippen molar-refractivity contribution in [2.24, 2.45) is 0 Å². The van der Waals surface area contributed by atoms with Gasteiger partial charge in [0.05, 0.1) is 118 Å². The number of nitrogens with zero attached hydrogens (tertiary/aromatic N) is 11. The Kier molecular flexibility index (Phi) is 13.8. The molecule has 0 spiro atoms. The van der Waals surface area contributed by atoms with Gasteiger partial charge in [0.15, 0.2) is 28.4 Å². The van der Waals surface area contributed by atoms with Gasteiger partial charge < -0.3 is 9.13 Å². The van der Waals surface area contributed by atoms with Gasteiger partial charge in [0.25, 0.3) is 0 Å². The number of alkyl halides is 3. The van der Waals surface area contributed by atoms with Gasteiger partial charge in [-0.2, -0.15) is 34.2 Å². The Hall–Kier alpha value is -13.8. The fourth-order valence-corrected chi connectivity index (χ4v) is 12.3. The summed E-state index contributed by atoms with van der Waals surface area (Å²) in [6.45, 7) is 41.7. The molecule has 0 N–H and O–H groups in total. The number of hydrogen-bond donors (Lipinski definition) is 0.